The molecule has 3 heteroatoms. The van der Waals surface area contributed by atoms with Gasteiger partial charge in [-0.15, -0.1) is 0 Å². The van der Waals surface area contributed by atoms with Gasteiger partial charge in [0, 0.05) is 19.3 Å². The molecule has 1 rings (SSSR count). The second kappa shape index (κ2) is 7.15. The molecular weight excluding hydrogens is 258 g/mol. The molecule has 1 aromatic carbocycles. The molecule has 0 aliphatic rings. The first-order valence-electron chi connectivity index (χ1n) is 6.43. The Bertz CT molecular complexity index is 384. The molecule has 0 heterocycles. The summed E-state index contributed by atoms with van der Waals surface area (Å²) in [6.45, 7) is 6.71. The molecular formula is C15H23NS2. The molecule has 0 radical (unpaired) electrons. The summed E-state index contributed by atoms with van der Waals surface area (Å²) >= 11 is 7.07. The Morgan fingerprint density at radius 2 is 1.67 bits per heavy atom. The van der Waals surface area contributed by atoms with Crippen molar-refractivity contribution in [2.24, 2.45) is 0 Å². The highest BCUT2D eigenvalue weighted by atomic mass is 32.2. The van der Waals surface area contributed by atoms with Crippen LogP contribution in [-0.4, -0.2) is 23.3 Å². The van der Waals surface area contributed by atoms with Gasteiger partial charge in [-0.2, -0.15) is 0 Å². The highest BCUT2D eigenvalue weighted by molar-refractivity contribution is 8.23. The molecule has 0 bridgehead atoms. The van der Waals surface area contributed by atoms with Crippen LogP contribution in [0, 0.1) is 0 Å². The molecule has 1 aromatic rings. The minimum absolute atomic E-state index is 0.408. The molecule has 0 saturated heterocycles. The number of hydrogen-bond acceptors (Lipinski definition) is 2. The second-order valence-corrected chi connectivity index (χ2v) is 6.87. The number of benzene rings is 1. The lowest BCUT2D eigenvalue weighted by Crippen LogP contribution is -2.16. The van der Waals surface area contributed by atoms with Gasteiger partial charge in [0.1, 0.15) is 4.32 Å². The van der Waals surface area contributed by atoms with Crippen LogP contribution in [0.15, 0.2) is 24.3 Å². The topological polar surface area (TPSA) is 3.24 Å². The van der Waals surface area contributed by atoms with Crippen LogP contribution >= 0.6 is 24.0 Å². The molecule has 2 unspecified atom stereocenters. The molecule has 1 nitrogen and oxygen atoms in total. The third kappa shape index (κ3) is 4.29. The van der Waals surface area contributed by atoms with Crippen molar-refractivity contribution < 1.29 is 0 Å². The Morgan fingerprint density at radius 1 is 1.17 bits per heavy atom. The van der Waals surface area contributed by atoms with Gasteiger partial charge in [0.05, 0.1) is 0 Å². The van der Waals surface area contributed by atoms with E-state index in [4.69, 9.17) is 12.2 Å². The molecule has 0 saturated carbocycles. The van der Waals surface area contributed by atoms with Crippen LogP contribution in [0.3, 0.4) is 0 Å². The van der Waals surface area contributed by atoms with E-state index in [1.165, 1.54) is 17.5 Å². The summed E-state index contributed by atoms with van der Waals surface area (Å²) in [5.74, 6) is 0.643. The van der Waals surface area contributed by atoms with Crippen LogP contribution in [0.2, 0.25) is 0 Å². The Balaban J connectivity index is 2.70. The maximum atomic E-state index is 5.33. The Kier molecular flexibility index (Phi) is 6.16. The van der Waals surface area contributed by atoms with Crippen molar-refractivity contribution in [2.45, 2.75) is 38.4 Å². The zero-order valence-corrected chi connectivity index (χ0v) is 13.6. The summed E-state index contributed by atoms with van der Waals surface area (Å²) in [7, 11) is 3.99. The SMILES string of the molecule is CCC(C)c1ccc(C(C)SC(=S)N(C)C)cc1. The van der Waals surface area contributed by atoms with Crippen LogP contribution in [-0.2, 0) is 0 Å². The standard InChI is InChI=1S/C15H23NS2/c1-6-11(2)13-7-9-14(10-8-13)12(3)18-15(17)16(4)5/h7-12H,6H2,1-5H3. The first-order valence-corrected chi connectivity index (χ1v) is 7.72. The van der Waals surface area contributed by atoms with Gasteiger partial charge in [-0.25, -0.2) is 0 Å². The molecule has 0 fully saturated rings. The predicted molar refractivity (Wildman–Crippen MR) is 87.4 cm³/mol. The summed E-state index contributed by atoms with van der Waals surface area (Å²) < 4.78 is 0.938. The van der Waals surface area contributed by atoms with Crippen LogP contribution in [0.5, 0.6) is 0 Å². The Hall–Kier alpha value is -0.540. The maximum absolute atomic E-state index is 5.33. The fourth-order valence-corrected chi connectivity index (χ4v) is 2.90. The van der Waals surface area contributed by atoms with Crippen molar-refractivity contribution in [3.8, 4) is 0 Å². The number of thioether (sulfide) groups is 1. The predicted octanol–water partition coefficient (Wildman–Crippen LogP) is 4.84. The van der Waals surface area contributed by atoms with Gasteiger partial charge in [-0.05, 0) is 30.4 Å². The van der Waals surface area contributed by atoms with E-state index in [0.717, 1.165) is 4.32 Å². The van der Waals surface area contributed by atoms with E-state index in [9.17, 15) is 0 Å². The third-order valence-electron chi connectivity index (χ3n) is 3.23. The van der Waals surface area contributed by atoms with Crippen LogP contribution in [0.1, 0.15) is 49.5 Å². The van der Waals surface area contributed by atoms with E-state index in [1.54, 1.807) is 11.8 Å². The summed E-state index contributed by atoms with van der Waals surface area (Å²) in [5.41, 5.74) is 2.77. The van der Waals surface area contributed by atoms with E-state index in [1.807, 2.05) is 19.0 Å². The average molecular weight is 281 g/mol. The largest absolute Gasteiger partial charge is 0.364 e. The van der Waals surface area contributed by atoms with Gasteiger partial charge in [0.2, 0.25) is 0 Å². The summed E-state index contributed by atoms with van der Waals surface area (Å²) in [4.78, 5) is 1.99. The highest BCUT2D eigenvalue weighted by Crippen LogP contribution is 2.31. The average Bonchev–Trinajstić information content (AvgIpc) is 2.37. The van der Waals surface area contributed by atoms with Crippen LogP contribution in [0.25, 0.3) is 0 Å². The van der Waals surface area contributed by atoms with Crippen molar-refractivity contribution in [3.63, 3.8) is 0 Å². The molecule has 100 valence electrons. The Morgan fingerprint density at radius 3 is 2.11 bits per heavy atom. The minimum Gasteiger partial charge on any atom is -0.364 e. The molecule has 0 aromatic heterocycles. The smallest absolute Gasteiger partial charge is 0.136 e. The molecule has 0 spiro atoms. The lowest BCUT2D eigenvalue weighted by Gasteiger charge is -2.18. The maximum Gasteiger partial charge on any atom is 0.136 e. The van der Waals surface area contributed by atoms with Gasteiger partial charge in [-0.1, -0.05) is 62.1 Å². The molecule has 2 atom stereocenters. The van der Waals surface area contributed by atoms with Crippen LogP contribution in [0.4, 0.5) is 0 Å². The number of rotatable bonds is 4. The van der Waals surface area contributed by atoms with Crippen LogP contribution < -0.4 is 0 Å². The first kappa shape index (κ1) is 15.5. The lowest BCUT2D eigenvalue weighted by molar-refractivity contribution is 0.647. The van der Waals surface area contributed by atoms with Crippen molar-refractivity contribution >= 4 is 28.3 Å². The van der Waals surface area contributed by atoms with Gasteiger partial charge in [0.25, 0.3) is 0 Å². The lowest BCUT2D eigenvalue weighted by atomic mass is 9.97. The number of nitrogens with zero attached hydrogens (tertiary/aromatic N) is 1. The quantitative estimate of drug-likeness (QED) is 0.727. The zero-order chi connectivity index (χ0) is 13.7. The fraction of sp³-hybridized carbons (Fsp3) is 0.533. The molecule has 0 amide bonds. The zero-order valence-electron chi connectivity index (χ0n) is 11.9. The van der Waals surface area contributed by atoms with Crippen molar-refractivity contribution in [1.82, 2.24) is 4.90 Å². The minimum atomic E-state index is 0.408. The van der Waals surface area contributed by atoms with Gasteiger partial charge in [-0.3, -0.25) is 0 Å². The van der Waals surface area contributed by atoms with Gasteiger partial charge < -0.3 is 4.90 Å². The summed E-state index contributed by atoms with van der Waals surface area (Å²) in [6.07, 6.45) is 1.19. The fourth-order valence-electron chi connectivity index (χ4n) is 1.66. The summed E-state index contributed by atoms with van der Waals surface area (Å²) in [5, 5.41) is 0.408. The van der Waals surface area contributed by atoms with Crippen molar-refractivity contribution in [3.05, 3.63) is 35.4 Å². The summed E-state index contributed by atoms with van der Waals surface area (Å²) in [6, 6.07) is 8.97. The van der Waals surface area contributed by atoms with Crippen molar-refractivity contribution in [1.29, 1.82) is 0 Å². The Labute approximate surface area is 121 Å². The van der Waals surface area contributed by atoms with E-state index >= 15 is 0 Å². The third-order valence-corrected chi connectivity index (χ3v) is 5.08. The van der Waals surface area contributed by atoms with E-state index in [0.29, 0.717) is 11.2 Å². The van der Waals surface area contributed by atoms with E-state index in [2.05, 4.69) is 45.0 Å². The van der Waals surface area contributed by atoms with Crippen molar-refractivity contribution in [2.75, 3.05) is 14.1 Å². The number of thiocarbonyl (C=S) groups is 1. The molecule has 18 heavy (non-hydrogen) atoms. The second-order valence-electron chi connectivity index (χ2n) is 4.90. The van der Waals surface area contributed by atoms with Gasteiger partial charge in [0.15, 0.2) is 0 Å². The van der Waals surface area contributed by atoms with E-state index < -0.39 is 0 Å². The monoisotopic (exact) mass is 281 g/mol. The molecule has 0 aliphatic carbocycles. The molecule has 0 aliphatic heterocycles. The van der Waals surface area contributed by atoms with E-state index in [-0.39, 0.29) is 0 Å². The first-order chi connectivity index (χ1) is 8.45. The normalized spacial score (nSPS) is 14.1. The highest BCUT2D eigenvalue weighted by Gasteiger charge is 2.11. The molecule has 0 N–H and O–H groups in total. The van der Waals surface area contributed by atoms with Gasteiger partial charge >= 0.3 is 0 Å². The number of hydrogen-bond donors (Lipinski definition) is 0.